The van der Waals surface area contributed by atoms with Crippen LogP contribution in [-0.4, -0.2) is 19.7 Å². The Morgan fingerprint density at radius 1 is 1.09 bits per heavy atom. The number of aryl methyl sites for hydroxylation is 1. The van der Waals surface area contributed by atoms with E-state index in [9.17, 15) is 10.1 Å². The van der Waals surface area contributed by atoms with Crippen LogP contribution in [0.4, 0.5) is 0 Å². The van der Waals surface area contributed by atoms with Crippen molar-refractivity contribution in [2.75, 3.05) is 13.7 Å². The van der Waals surface area contributed by atoms with Crippen LogP contribution in [-0.2, 0) is 11.2 Å². The summed E-state index contributed by atoms with van der Waals surface area (Å²) in [5.74, 6) is 0.730. The molecule has 3 aromatic rings. The highest BCUT2D eigenvalue weighted by atomic mass is 16.6. The van der Waals surface area contributed by atoms with Gasteiger partial charge in [-0.25, -0.2) is 4.79 Å². The number of allylic oxidation sites excluding steroid dienone is 1. The summed E-state index contributed by atoms with van der Waals surface area (Å²) in [4.78, 5) is 12.4. The van der Waals surface area contributed by atoms with E-state index in [1.165, 1.54) is 12.7 Å². The van der Waals surface area contributed by atoms with Crippen LogP contribution < -0.4 is 24.7 Å². The molecule has 172 valence electrons. The number of esters is 1. The molecule has 0 bridgehead atoms. The van der Waals surface area contributed by atoms with Crippen molar-refractivity contribution in [1.82, 2.24) is 0 Å². The minimum atomic E-state index is -0.588. The van der Waals surface area contributed by atoms with Crippen molar-refractivity contribution in [2.24, 2.45) is 5.73 Å². The Labute approximate surface area is 197 Å². The molecule has 0 saturated carbocycles. The fourth-order valence-corrected chi connectivity index (χ4v) is 3.82. The maximum Gasteiger partial charge on any atom is 0.349 e. The number of hydrogen-bond donors (Lipinski definition) is 1. The maximum atomic E-state index is 12.4. The molecule has 7 heteroatoms. The minimum Gasteiger partial charge on any atom is -0.493 e. The van der Waals surface area contributed by atoms with Crippen LogP contribution >= 0.6 is 0 Å². The molecule has 7 nitrogen and oxygen atoms in total. The van der Waals surface area contributed by atoms with Crippen molar-refractivity contribution in [2.45, 2.75) is 19.3 Å². The van der Waals surface area contributed by atoms with Crippen LogP contribution in [0.5, 0.6) is 23.0 Å². The Morgan fingerprint density at radius 3 is 2.50 bits per heavy atom. The highest BCUT2D eigenvalue weighted by Gasteiger charge is 2.31. The molecule has 0 radical (unpaired) electrons. The van der Waals surface area contributed by atoms with E-state index in [0.717, 1.165) is 17.5 Å². The van der Waals surface area contributed by atoms with Crippen molar-refractivity contribution in [3.63, 3.8) is 0 Å². The van der Waals surface area contributed by atoms with E-state index < -0.39 is 5.97 Å². The third-order valence-corrected chi connectivity index (χ3v) is 5.56. The maximum absolute atomic E-state index is 12.4. The highest BCUT2D eigenvalue weighted by molar-refractivity contribution is 5.74. The molecular weight excluding hydrogens is 432 g/mol. The van der Waals surface area contributed by atoms with E-state index in [-0.39, 0.29) is 24.2 Å². The summed E-state index contributed by atoms with van der Waals surface area (Å²) in [5.41, 5.74) is 9.30. The molecule has 1 heterocycles. The van der Waals surface area contributed by atoms with E-state index in [0.29, 0.717) is 22.8 Å². The zero-order chi connectivity index (χ0) is 24.1. The van der Waals surface area contributed by atoms with Crippen LogP contribution in [0, 0.1) is 11.3 Å². The lowest BCUT2D eigenvalue weighted by molar-refractivity contribution is -0.136. The zero-order valence-electron chi connectivity index (χ0n) is 18.9. The first kappa shape index (κ1) is 22.7. The quantitative estimate of drug-likeness (QED) is 0.413. The molecule has 0 amide bonds. The van der Waals surface area contributed by atoms with Crippen molar-refractivity contribution in [1.29, 1.82) is 5.26 Å². The number of nitriles is 1. The molecule has 0 saturated heterocycles. The molecule has 1 aliphatic heterocycles. The van der Waals surface area contributed by atoms with Gasteiger partial charge in [0.05, 0.1) is 13.0 Å². The molecule has 0 aliphatic carbocycles. The number of hydrogen-bond acceptors (Lipinski definition) is 7. The molecule has 4 rings (SSSR count). The summed E-state index contributed by atoms with van der Waals surface area (Å²) in [6.07, 6.45) is 0.920. The summed E-state index contributed by atoms with van der Waals surface area (Å²) in [6, 6.07) is 22.3. The van der Waals surface area contributed by atoms with E-state index in [1.54, 1.807) is 42.5 Å². The number of nitrogens with two attached hydrogens (primary N) is 1. The van der Waals surface area contributed by atoms with Crippen molar-refractivity contribution >= 4 is 5.97 Å². The van der Waals surface area contributed by atoms with Gasteiger partial charge in [-0.3, -0.25) is 0 Å². The fourth-order valence-electron chi connectivity index (χ4n) is 3.82. The Bertz CT molecular complexity index is 1270. The number of nitrogens with zero attached hydrogens (tertiary/aromatic N) is 1. The van der Waals surface area contributed by atoms with E-state index in [2.05, 4.69) is 13.0 Å². The van der Waals surface area contributed by atoms with Gasteiger partial charge in [0.25, 0.3) is 0 Å². The van der Waals surface area contributed by atoms with Gasteiger partial charge in [0.1, 0.15) is 23.1 Å². The summed E-state index contributed by atoms with van der Waals surface area (Å²) in [6.45, 7) is 1.78. The molecule has 34 heavy (non-hydrogen) atoms. The van der Waals surface area contributed by atoms with Crippen molar-refractivity contribution in [3.05, 3.63) is 94.9 Å². The molecule has 2 N–H and O–H groups in total. The predicted octanol–water partition coefficient (Wildman–Crippen LogP) is 4.46. The second-order valence-electron chi connectivity index (χ2n) is 7.63. The SMILES string of the molecule is CCc1ccc(C2C(C#N)=C(N)Oc3cc(OC(=O)COc4ccccc4OC)ccc32)cc1. The minimum absolute atomic E-state index is 0.0301. The molecule has 1 atom stereocenters. The zero-order valence-corrected chi connectivity index (χ0v) is 18.9. The molecule has 0 spiro atoms. The largest absolute Gasteiger partial charge is 0.493 e. The van der Waals surface area contributed by atoms with Crippen LogP contribution in [0.15, 0.2) is 78.2 Å². The summed E-state index contributed by atoms with van der Waals surface area (Å²) in [5, 5.41) is 9.72. The van der Waals surface area contributed by atoms with Gasteiger partial charge in [-0.1, -0.05) is 49.4 Å². The van der Waals surface area contributed by atoms with Gasteiger partial charge < -0.3 is 24.7 Å². The lowest BCUT2D eigenvalue weighted by Crippen LogP contribution is -2.21. The number of methoxy groups -OCH3 is 1. The molecule has 0 aromatic heterocycles. The molecule has 3 aromatic carbocycles. The number of fused-ring (bicyclic) bond motifs is 1. The molecule has 1 aliphatic rings. The van der Waals surface area contributed by atoms with Crippen LogP contribution in [0.3, 0.4) is 0 Å². The van der Waals surface area contributed by atoms with Gasteiger partial charge in [-0.15, -0.1) is 0 Å². The van der Waals surface area contributed by atoms with Gasteiger partial charge in [-0.2, -0.15) is 5.26 Å². The van der Waals surface area contributed by atoms with Gasteiger partial charge in [0.2, 0.25) is 5.88 Å². The van der Waals surface area contributed by atoms with Gasteiger partial charge in [0.15, 0.2) is 18.1 Å². The number of para-hydroxylation sites is 2. The Morgan fingerprint density at radius 2 is 1.82 bits per heavy atom. The summed E-state index contributed by atoms with van der Waals surface area (Å²) < 4.78 is 21.9. The number of rotatable bonds is 7. The number of ether oxygens (including phenoxy) is 4. The smallest absolute Gasteiger partial charge is 0.349 e. The average molecular weight is 456 g/mol. The monoisotopic (exact) mass is 456 g/mol. The lowest BCUT2D eigenvalue weighted by Gasteiger charge is -2.26. The summed E-state index contributed by atoms with van der Waals surface area (Å²) >= 11 is 0. The Hall–Kier alpha value is -4.44. The molecule has 0 fully saturated rings. The number of carbonyl (C=O) groups is 1. The van der Waals surface area contributed by atoms with E-state index >= 15 is 0 Å². The second-order valence-corrected chi connectivity index (χ2v) is 7.63. The van der Waals surface area contributed by atoms with Crippen molar-refractivity contribution < 1.29 is 23.7 Å². The van der Waals surface area contributed by atoms with Crippen LogP contribution in [0.2, 0.25) is 0 Å². The van der Waals surface area contributed by atoms with Crippen LogP contribution in [0.1, 0.15) is 29.5 Å². The van der Waals surface area contributed by atoms with Gasteiger partial charge in [-0.05, 0) is 35.7 Å². The number of benzene rings is 3. The second kappa shape index (κ2) is 10.0. The standard InChI is InChI=1S/C27H24N2O5/c1-3-17-8-10-18(11-9-17)26-20-13-12-19(14-24(20)34-27(29)21(26)15-28)33-25(30)16-32-23-7-5-4-6-22(23)31-2/h4-14,26H,3,16,29H2,1-2H3. The van der Waals surface area contributed by atoms with E-state index in [4.69, 9.17) is 24.7 Å². The first-order chi connectivity index (χ1) is 16.5. The van der Waals surface area contributed by atoms with Gasteiger partial charge in [0, 0.05) is 11.6 Å². The Kier molecular flexibility index (Phi) is 6.69. The van der Waals surface area contributed by atoms with Crippen molar-refractivity contribution in [3.8, 4) is 29.1 Å². The first-order valence-corrected chi connectivity index (χ1v) is 10.8. The van der Waals surface area contributed by atoms with Crippen LogP contribution in [0.25, 0.3) is 0 Å². The Balaban J connectivity index is 1.54. The third kappa shape index (κ3) is 4.66. The fraction of sp³-hybridized carbons (Fsp3) is 0.185. The highest BCUT2D eigenvalue weighted by Crippen LogP contribution is 2.43. The molecular formula is C27H24N2O5. The topological polar surface area (TPSA) is 104 Å². The number of carbonyl (C=O) groups excluding carboxylic acids is 1. The summed E-state index contributed by atoms with van der Waals surface area (Å²) in [7, 11) is 1.52. The van der Waals surface area contributed by atoms with E-state index in [1.807, 2.05) is 24.3 Å². The first-order valence-electron chi connectivity index (χ1n) is 10.8. The molecule has 1 unspecified atom stereocenters. The third-order valence-electron chi connectivity index (χ3n) is 5.56. The van der Waals surface area contributed by atoms with Gasteiger partial charge >= 0.3 is 5.97 Å². The average Bonchev–Trinajstić information content (AvgIpc) is 2.86. The normalized spacial score (nSPS) is 14.4. The predicted molar refractivity (Wildman–Crippen MR) is 126 cm³/mol. The lowest BCUT2D eigenvalue weighted by atomic mass is 9.83.